The normalized spacial score (nSPS) is 10.9. The minimum Gasteiger partial charge on any atom is -0.496 e. The number of primary amides is 1. The van der Waals surface area contributed by atoms with Crippen molar-refractivity contribution in [2.24, 2.45) is 5.73 Å². The van der Waals surface area contributed by atoms with Crippen LogP contribution in [0.1, 0.15) is 10.5 Å². The largest absolute Gasteiger partial charge is 0.496 e. The molecule has 0 saturated carbocycles. The molecule has 0 atom stereocenters. The lowest BCUT2D eigenvalue weighted by molar-refractivity contribution is 0.0994. The first-order chi connectivity index (χ1) is 10.2. The van der Waals surface area contributed by atoms with Gasteiger partial charge < -0.3 is 15.0 Å². The standard InChI is InChI=1S/C14H14N5O2/c1-21-12-2-5-16-14-10(12)3-6-18(14)8-9-19-7-4-11(17-19)13(15)20/h2-3,5-7H,8-9H2,1H3,(H2,15,20). The smallest absolute Gasteiger partial charge is 0.269 e. The lowest BCUT2D eigenvalue weighted by Gasteiger charge is -2.06. The van der Waals surface area contributed by atoms with Crippen LogP contribution in [0.3, 0.4) is 0 Å². The van der Waals surface area contributed by atoms with E-state index in [0.29, 0.717) is 13.1 Å². The highest BCUT2D eigenvalue weighted by atomic mass is 16.5. The molecule has 21 heavy (non-hydrogen) atoms. The number of rotatable bonds is 5. The Morgan fingerprint density at radius 1 is 1.43 bits per heavy atom. The fourth-order valence-electron chi connectivity index (χ4n) is 2.19. The number of ether oxygens (including phenoxy) is 1. The molecule has 0 aliphatic rings. The molecule has 3 rings (SSSR count). The van der Waals surface area contributed by atoms with Gasteiger partial charge in [0.05, 0.1) is 19.0 Å². The molecule has 0 spiro atoms. The molecule has 0 saturated heterocycles. The highest BCUT2D eigenvalue weighted by Crippen LogP contribution is 2.24. The van der Waals surface area contributed by atoms with Crippen molar-refractivity contribution in [3.05, 3.63) is 42.5 Å². The number of hydrogen-bond donors (Lipinski definition) is 1. The molecule has 3 aromatic rings. The van der Waals surface area contributed by atoms with Gasteiger partial charge in [-0.1, -0.05) is 0 Å². The number of fused-ring (bicyclic) bond motifs is 1. The topological polar surface area (TPSA) is 88.0 Å². The van der Waals surface area contributed by atoms with Crippen molar-refractivity contribution < 1.29 is 9.53 Å². The third kappa shape index (κ3) is 2.45. The van der Waals surface area contributed by atoms with E-state index in [1.807, 2.05) is 22.9 Å². The van der Waals surface area contributed by atoms with E-state index in [2.05, 4.69) is 16.1 Å². The molecule has 3 heterocycles. The summed E-state index contributed by atoms with van der Waals surface area (Å²) < 4.78 is 8.94. The predicted molar refractivity (Wildman–Crippen MR) is 75.9 cm³/mol. The van der Waals surface area contributed by atoms with Crippen molar-refractivity contribution in [3.8, 4) is 5.75 Å². The highest BCUT2D eigenvalue weighted by Gasteiger charge is 2.08. The lowest BCUT2D eigenvalue weighted by Crippen LogP contribution is -2.13. The van der Waals surface area contributed by atoms with Gasteiger partial charge in [-0.25, -0.2) is 4.98 Å². The minimum atomic E-state index is -0.577. The second-order valence-electron chi connectivity index (χ2n) is 4.51. The zero-order valence-corrected chi connectivity index (χ0v) is 11.5. The number of aromatic nitrogens is 4. The second-order valence-corrected chi connectivity index (χ2v) is 4.51. The van der Waals surface area contributed by atoms with E-state index in [-0.39, 0.29) is 5.69 Å². The first-order valence-electron chi connectivity index (χ1n) is 6.42. The molecule has 1 radical (unpaired) electrons. The van der Waals surface area contributed by atoms with Gasteiger partial charge in [-0.15, -0.1) is 0 Å². The molecular weight excluding hydrogens is 270 g/mol. The number of carbonyl (C=O) groups is 1. The number of amides is 1. The molecule has 7 heteroatoms. The maximum Gasteiger partial charge on any atom is 0.269 e. The van der Waals surface area contributed by atoms with Crippen molar-refractivity contribution in [2.75, 3.05) is 7.11 Å². The van der Waals surface area contributed by atoms with Crippen LogP contribution in [0.15, 0.2) is 30.7 Å². The Labute approximate surface area is 120 Å². The highest BCUT2D eigenvalue weighted by molar-refractivity contribution is 5.90. The van der Waals surface area contributed by atoms with Crippen LogP contribution in [0.5, 0.6) is 5.75 Å². The monoisotopic (exact) mass is 284 g/mol. The molecule has 0 aliphatic carbocycles. The molecular formula is C14H14N5O2. The number of hydrogen-bond acceptors (Lipinski definition) is 4. The average Bonchev–Trinajstić information content (AvgIpc) is 3.11. The average molecular weight is 284 g/mol. The van der Waals surface area contributed by atoms with Gasteiger partial charge in [0.2, 0.25) is 0 Å². The van der Waals surface area contributed by atoms with E-state index in [4.69, 9.17) is 10.5 Å². The maximum atomic E-state index is 11.0. The number of nitrogens with two attached hydrogens (primary N) is 1. The van der Waals surface area contributed by atoms with Crippen LogP contribution in [0.2, 0.25) is 0 Å². The van der Waals surface area contributed by atoms with E-state index in [0.717, 1.165) is 16.8 Å². The fraction of sp³-hybridized carbons (Fsp3) is 0.214. The third-order valence-corrected chi connectivity index (χ3v) is 3.22. The fourth-order valence-corrected chi connectivity index (χ4v) is 2.19. The molecule has 0 unspecified atom stereocenters. The van der Waals surface area contributed by atoms with Gasteiger partial charge in [0.1, 0.15) is 11.4 Å². The van der Waals surface area contributed by atoms with Crippen LogP contribution in [-0.2, 0) is 13.1 Å². The summed E-state index contributed by atoms with van der Waals surface area (Å²) in [5.41, 5.74) is 6.14. The molecule has 0 aromatic carbocycles. The third-order valence-electron chi connectivity index (χ3n) is 3.22. The van der Waals surface area contributed by atoms with Gasteiger partial charge >= 0.3 is 0 Å². The molecule has 7 nitrogen and oxygen atoms in total. The molecule has 2 N–H and O–H groups in total. The first kappa shape index (κ1) is 13.2. The quantitative estimate of drug-likeness (QED) is 0.752. The van der Waals surface area contributed by atoms with Crippen LogP contribution in [0.4, 0.5) is 0 Å². The summed E-state index contributed by atoms with van der Waals surface area (Å²) in [4.78, 5) is 15.3. The number of pyridine rings is 1. The number of methoxy groups -OCH3 is 1. The van der Waals surface area contributed by atoms with Gasteiger partial charge in [-0.3, -0.25) is 9.48 Å². The summed E-state index contributed by atoms with van der Waals surface area (Å²) in [6.07, 6.45) is 5.27. The zero-order chi connectivity index (χ0) is 14.8. The Morgan fingerprint density at radius 3 is 3.00 bits per heavy atom. The summed E-state index contributed by atoms with van der Waals surface area (Å²) in [5.74, 6) is 0.216. The van der Waals surface area contributed by atoms with Crippen LogP contribution < -0.4 is 10.5 Å². The number of aryl methyl sites for hydroxylation is 2. The van der Waals surface area contributed by atoms with Crippen LogP contribution in [-0.4, -0.2) is 32.3 Å². The maximum absolute atomic E-state index is 11.0. The lowest BCUT2D eigenvalue weighted by atomic mass is 10.3. The van der Waals surface area contributed by atoms with E-state index in [1.54, 1.807) is 24.2 Å². The molecule has 0 bridgehead atoms. The Bertz CT molecular complexity index is 790. The van der Waals surface area contributed by atoms with Gasteiger partial charge in [0.25, 0.3) is 5.91 Å². The van der Waals surface area contributed by atoms with Crippen molar-refractivity contribution in [2.45, 2.75) is 13.1 Å². The summed E-state index contributed by atoms with van der Waals surface area (Å²) in [5, 5.41) is 5.01. The Morgan fingerprint density at radius 2 is 2.29 bits per heavy atom. The van der Waals surface area contributed by atoms with Gasteiger partial charge in [-0.2, -0.15) is 5.10 Å². The Balaban J connectivity index is 1.80. The van der Waals surface area contributed by atoms with Crippen molar-refractivity contribution >= 4 is 16.9 Å². The van der Waals surface area contributed by atoms with E-state index in [9.17, 15) is 4.79 Å². The van der Waals surface area contributed by atoms with Crippen molar-refractivity contribution in [3.63, 3.8) is 0 Å². The molecule has 1 amide bonds. The minimum absolute atomic E-state index is 0.146. The van der Waals surface area contributed by atoms with Gasteiger partial charge in [0, 0.05) is 31.2 Å². The van der Waals surface area contributed by atoms with Gasteiger partial charge in [0.15, 0.2) is 5.69 Å². The van der Waals surface area contributed by atoms with E-state index >= 15 is 0 Å². The summed E-state index contributed by atoms with van der Waals surface area (Å²) in [6, 6.07) is 6.51. The second kappa shape index (κ2) is 5.28. The number of carbonyl (C=O) groups excluding carboxylic acids is 1. The van der Waals surface area contributed by atoms with Crippen molar-refractivity contribution in [1.29, 1.82) is 0 Å². The molecule has 0 fully saturated rings. The van der Waals surface area contributed by atoms with Crippen LogP contribution >= 0.6 is 0 Å². The molecule has 107 valence electrons. The Hall–Kier alpha value is -2.83. The van der Waals surface area contributed by atoms with Crippen LogP contribution in [0.25, 0.3) is 11.0 Å². The van der Waals surface area contributed by atoms with Crippen LogP contribution in [0, 0.1) is 6.07 Å². The van der Waals surface area contributed by atoms with Crippen molar-refractivity contribution in [1.82, 2.24) is 19.3 Å². The van der Waals surface area contributed by atoms with E-state index in [1.165, 1.54) is 0 Å². The first-order valence-corrected chi connectivity index (χ1v) is 6.42. The zero-order valence-electron chi connectivity index (χ0n) is 11.5. The summed E-state index contributed by atoms with van der Waals surface area (Å²) in [7, 11) is 1.64. The SMILES string of the molecule is COc1ccnc2c1ccn2CCn1c[c]c(C(N)=O)n1. The summed E-state index contributed by atoms with van der Waals surface area (Å²) in [6.45, 7) is 1.25. The Kier molecular flexibility index (Phi) is 3.31. The predicted octanol–water partition coefficient (Wildman–Crippen LogP) is 0.841. The summed E-state index contributed by atoms with van der Waals surface area (Å²) >= 11 is 0. The number of nitrogens with zero attached hydrogens (tertiary/aromatic N) is 4. The van der Waals surface area contributed by atoms with E-state index < -0.39 is 5.91 Å². The molecule has 0 aliphatic heterocycles. The van der Waals surface area contributed by atoms with Gasteiger partial charge in [-0.05, 0) is 12.1 Å². The molecule has 3 aromatic heterocycles.